The van der Waals surface area contributed by atoms with E-state index < -0.39 is 18.2 Å². The van der Waals surface area contributed by atoms with Gasteiger partial charge in [-0.2, -0.15) is 0 Å². The number of benzene rings is 1. The van der Waals surface area contributed by atoms with Crippen LogP contribution in [0.3, 0.4) is 0 Å². The number of phenols is 2. The summed E-state index contributed by atoms with van der Waals surface area (Å²) in [6.07, 6.45) is 3.32. The third-order valence-electron chi connectivity index (χ3n) is 4.07. The molecule has 0 saturated carbocycles. The van der Waals surface area contributed by atoms with Gasteiger partial charge in [-0.25, -0.2) is 0 Å². The Kier molecular flexibility index (Phi) is 3.90. The predicted octanol–water partition coefficient (Wildman–Crippen LogP) is 2.84. The Morgan fingerprint density at radius 2 is 2.04 bits per heavy atom. The molecule has 1 aromatic rings. The zero-order valence-electron chi connectivity index (χ0n) is 12.6. The van der Waals surface area contributed by atoms with Gasteiger partial charge in [0.25, 0.3) is 0 Å². The number of carbonyl (C=O) groups excluding carboxylic acids is 1. The minimum atomic E-state index is -0.612. The first-order chi connectivity index (χ1) is 10.9. The van der Waals surface area contributed by atoms with E-state index in [1.807, 2.05) is 0 Å². The lowest BCUT2D eigenvalue weighted by Gasteiger charge is -2.38. The molecule has 23 heavy (non-hydrogen) atoms. The average Bonchev–Trinajstić information content (AvgIpc) is 2.49. The van der Waals surface area contributed by atoms with Crippen molar-refractivity contribution in [3.8, 4) is 11.5 Å². The molecule has 3 unspecified atom stereocenters. The smallest absolute Gasteiger partial charge is 0.303 e. The van der Waals surface area contributed by atoms with E-state index in [9.17, 15) is 20.1 Å². The van der Waals surface area contributed by atoms with Crippen LogP contribution in [0.4, 0.5) is 0 Å². The number of rotatable bonds is 2. The Balaban J connectivity index is 1.93. The van der Waals surface area contributed by atoms with Crippen molar-refractivity contribution in [2.75, 3.05) is 0 Å². The van der Waals surface area contributed by atoms with Crippen molar-refractivity contribution in [2.24, 2.45) is 5.92 Å². The van der Waals surface area contributed by atoms with Gasteiger partial charge < -0.3 is 24.8 Å². The van der Waals surface area contributed by atoms with Crippen LogP contribution in [0.1, 0.15) is 31.4 Å². The SMILES string of the molecule is CC(=O)OC1CC2CC=C(O)C=C2OC1c1ccc(O)c(O)c1. The van der Waals surface area contributed by atoms with Crippen LogP contribution in [0.5, 0.6) is 11.5 Å². The van der Waals surface area contributed by atoms with Crippen molar-refractivity contribution < 1.29 is 29.6 Å². The van der Waals surface area contributed by atoms with Gasteiger partial charge in [0.05, 0.1) is 0 Å². The summed E-state index contributed by atoms with van der Waals surface area (Å²) in [5.41, 5.74) is 0.583. The summed E-state index contributed by atoms with van der Waals surface area (Å²) in [5.74, 6) is -0.0926. The van der Waals surface area contributed by atoms with Gasteiger partial charge in [-0.15, -0.1) is 0 Å². The highest BCUT2D eigenvalue weighted by atomic mass is 16.6. The van der Waals surface area contributed by atoms with E-state index in [2.05, 4.69) is 0 Å². The minimum Gasteiger partial charge on any atom is -0.508 e. The summed E-state index contributed by atoms with van der Waals surface area (Å²) in [5, 5.41) is 28.8. The van der Waals surface area contributed by atoms with E-state index in [4.69, 9.17) is 9.47 Å². The molecule has 0 spiro atoms. The summed E-state index contributed by atoms with van der Waals surface area (Å²) in [4.78, 5) is 11.4. The Morgan fingerprint density at radius 1 is 1.26 bits per heavy atom. The fourth-order valence-electron chi connectivity index (χ4n) is 2.99. The molecular formula is C17H18O6. The number of aliphatic hydroxyl groups excluding tert-OH is 1. The zero-order valence-corrected chi connectivity index (χ0v) is 12.6. The molecule has 2 aliphatic rings. The Labute approximate surface area is 133 Å². The fourth-order valence-corrected chi connectivity index (χ4v) is 2.99. The second-order valence-electron chi connectivity index (χ2n) is 5.78. The van der Waals surface area contributed by atoms with Crippen LogP contribution in [0, 0.1) is 5.92 Å². The summed E-state index contributed by atoms with van der Waals surface area (Å²) < 4.78 is 11.3. The number of allylic oxidation sites excluding steroid dienone is 3. The standard InChI is InChI=1S/C17H18O6/c1-9(18)22-16-7-10-2-4-12(19)8-15(10)23-17(16)11-3-5-13(20)14(21)6-11/h3-6,8,10,16-17,19-21H,2,7H2,1H3. The number of carbonyl (C=O) groups is 1. The molecule has 6 heteroatoms. The third-order valence-corrected chi connectivity index (χ3v) is 4.07. The number of aromatic hydroxyl groups is 2. The summed E-state index contributed by atoms with van der Waals surface area (Å²) in [6.45, 7) is 1.34. The highest BCUT2D eigenvalue weighted by molar-refractivity contribution is 5.66. The zero-order chi connectivity index (χ0) is 16.6. The van der Waals surface area contributed by atoms with Gasteiger partial charge in [0.15, 0.2) is 17.6 Å². The first-order valence-corrected chi connectivity index (χ1v) is 7.40. The molecule has 6 nitrogen and oxygen atoms in total. The topological polar surface area (TPSA) is 96.2 Å². The lowest BCUT2D eigenvalue weighted by Crippen LogP contribution is -2.35. The largest absolute Gasteiger partial charge is 0.508 e. The molecule has 0 bridgehead atoms. The van der Waals surface area contributed by atoms with E-state index in [0.717, 1.165) is 0 Å². The number of hydrogen-bond acceptors (Lipinski definition) is 6. The molecular weight excluding hydrogens is 300 g/mol. The van der Waals surface area contributed by atoms with Crippen molar-refractivity contribution in [2.45, 2.75) is 32.0 Å². The molecule has 1 aliphatic carbocycles. The van der Waals surface area contributed by atoms with Gasteiger partial charge in [0, 0.05) is 24.5 Å². The molecule has 3 N–H and O–H groups in total. The fraction of sp³-hybridized carbons (Fsp3) is 0.353. The Hall–Kier alpha value is -2.63. The average molecular weight is 318 g/mol. The van der Waals surface area contributed by atoms with Crippen LogP contribution >= 0.6 is 0 Å². The van der Waals surface area contributed by atoms with Crippen molar-refractivity contribution >= 4 is 5.97 Å². The van der Waals surface area contributed by atoms with Gasteiger partial charge >= 0.3 is 5.97 Å². The number of ether oxygens (including phenoxy) is 2. The van der Waals surface area contributed by atoms with Gasteiger partial charge in [0.2, 0.25) is 0 Å². The second-order valence-corrected chi connectivity index (χ2v) is 5.78. The number of aliphatic hydroxyl groups is 1. The van der Waals surface area contributed by atoms with Crippen molar-refractivity contribution in [3.63, 3.8) is 0 Å². The quantitative estimate of drug-likeness (QED) is 0.573. The van der Waals surface area contributed by atoms with Crippen molar-refractivity contribution in [1.29, 1.82) is 0 Å². The lowest BCUT2D eigenvalue weighted by molar-refractivity contribution is -0.160. The first-order valence-electron chi connectivity index (χ1n) is 7.40. The molecule has 1 aliphatic heterocycles. The predicted molar refractivity (Wildman–Crippen MR) is 80.7 cm³/mol. The molecule has 122 valence electrons. The molecule has 3 atom stereocenters. The molecule has 0 amide bonds. The van der Waals surface area contributed by atoms with Crippen LogP contribution in [0.25, 0.3) is 0 Å². The summed E-state index contributed by atoms with van der Waals surface area (Å²) >= 11 is 0. The highest BCUT2D eigenvalue weighted by Gasteiger charge is 2.39. The summed E-state index contributed by atoms with van der Waals surface area (Å²) in [6, 6.07) is 4.35. The number of fused-ring (bicyclic) bond motifs is 1. The van der Waals surface area contributed by atoms with Crippen LogP contribution in [-0.2, 0) is 14.3 Å². The van der Waals surface area contributed by atoms with Gasteiger partial charge in [0.1, 0.15) is 17.6 Å². The highest BCUT2D eigenvalue weighted by Crippen LogP contribution is 2.43. The molecule has 1 heterocycles. The molecule has 0 aromatic heterocycles. The maximum Gasteiger partial charge on any atom is 0.303 e. The maximum atomic E-state index is 11.4. The van der Waals surface area contributed by atoms with E-state index in [0.29, 0.717) is 24.2 Å². The number of esters is 1. The summed E-state index contributed by atoms with van der Waals surface area (Å²) in [7, 11) is 0. The van der Waals surface area contributed by atoms with E-state index in [1.54, 1.807) is 18.2 Å². The Bertz CT molecular complexity index is 690. The first kappa shape index (κ1) is 15.3. The van der Waals surface area contributed by atoms with E-state index >= 15 is 0 Å². The Morgan fingerprint density at radius 3 is 2.74 bits per heavy atom. The van der Waals surface area contributed by atoms with Gasteiger partial charge in [-0.3, -0.25) is 4.79 Å². The molecule has 1 saturated heterocycles. The van der Waals surface area contributed by atoms with Crippen LogP contribution in [-0.4, -0.2) is 27.4 Å². The molecule has 1 aromatic carbocycles. The minimum absolute atomic E-state index is 0.0391. The van der Waals surface area contributed by atoms with Gasteiger partial charge in [-0.1, -0.05) is 6.07 Å². The van der Waals surface area contributed by atoms with Crippen LogP contribution in [0.15, 0.2) is 41.9 Å². The van der Waals surface area contributed by atoms with Gasteiger partial charge in [-0.05, 0) is 31.1 Å². The molecule has 0 radical (unpaired) electrons. The third kappa shape index (κ3) is 3.11. The van der Waals surface area contributed by atoms with Crippen molar-refractivity contribution in [3.05, 3.63) is 47.4 Å². The monoisotopic (exact) mass is 318 g/mol. The van der Waals surface area contributed by atoms with Crippen molar-refractivity contribution in [1.82, 2.24) is 0 Å². The van der Waals surface area contributed by atoms with Crippen LogP contribution < -0.4 is 0 Å². The second kappa shape index (κ2) is 5.87. The van der Waals surface area contributed by atoms with Crippen LogP contribution in [0.2, 0.25) is 0 Å². The molecule has 1 fully saturated rings. The number of hydrogen-bond donors (Lipinski definition) is 3. The number of phenolic OH excluding ortho intramolecular Hbond substituents is 2. The lowest BCUT2D eigenvalue weighted by atomic mass is 9.85. The van der Waals surface area contributed by atoms with E-state index in [-0.39, 0.29) is 23.2 Å². The normalized spacial score (nSPS) is 26.4. The molecule has 3 rings (SSSR count). The van der Waals surface area contributed by atoms with E-state index in [1.165, 1.54) is 19.1 Å². The maximum absolute atomic E-state index is 11.4.